The van der Waals surface area contributed by atoms with Crippen LogP contribution in [0.5, 0.6) is 0 Å². The van der Waals surface area contributed by atoms with Crippen LogP contribution in [0.15, 0.2) is 24.3 Å². The van der Waals surface area contributed by atoms with E-state index in [0.29, 0.717) is 17.5 Å². The van der Waals surface area contributed by atoms with Crippen LogP contribution in [-0.2, 0) is 9.59 Å². The molecule has 0 radical (unpaired) electrons. The van der Waals surface area contributed by atoms with Crippen molar-refractivity contribution in [2.45, 2.75) is 32.2 Å². The number of carboxylic acids is 1. The molecule has 0 aromatic heterocycles. The Morgan fingerprint density at radius 3 is 2.10 bits per heavy atom. The van der Waals surface area contributed by atoms with Gasteiger partial charge in [0.15, 0.2) is 0 Å². The smallest absolute Gasteiger partial charge is 0.372 e. The second-order valence-electron chi connectivity index (χ2n) is 4.85. The second-order valence-corrected chi connectivity index (χ2v) is 4.85. The molecular weight excluding hydrogens is 274 g/mol. The SMILES string of the molecule is CCC(CCC(=O)C(=O)O)N1C(=O)c2ccccc2C1=O. The first-order chi connectivity index (χ1) is 9.97. The van der Waals surface area contributed by atoms with Crippen LogP contribution in [0, 0.1) is 0 Å². The van der Waals surface area contributed by atoms with Gasteiger partial charge in [-0.25, -0.2) is 4.79 Å². The molecule has 1 aromatic carbocycles. The highest BCUT2D eigenvalue weighted by molar-refractivity contribution is 6.32. The molecule has 1 atom stereocenters. The van der Waals surface area contributed by atoms with E-state index < -0.39 is 17.8 Å². The lowest BCUT2D eigenvalue weighted by Crippen LogP contribution is -2.40. The third kappa shape index (κ3) is 2.69. The molecule has 2 amide bonds. The lowest BCUT2D eigenvalue weighted by molar-refractivity contribution is -0.149. The van der Waals surface area contributed by atoms with Crippen LogP contribution in [-0.4, -0.2) is 39.6 Å². The molecule has 1 aromatic rings. The molecule has 1 unspecified atom stereocenters. The molecule has 0 saturated carbocycles. The Labute approximate surface area is 121 Å². The number of carbonyl (C=O) groups excluding carboxylic acids is 3. The van der Waals surface area contributed by atoms with Gasteiger partial charge in [-0.2, -0.15) is 0 Å². The number of imide groups is 1. The zero-order valence-electron chi connectivity index (χ0n) is 11.5. The third-order valence-electron chi connectivity index (χ3n) is 3.61. The van der Waals surface area contributed by atoms with Gasteiger partial charge < -0.3 is 5.11 Å². The predicted molar refractivity (Wildman–Crippen MR) is 72.9 cm³/mol. The summed E-state index contributed by atoms with van der Waals surface area (Å²) in [5, 5.41) is 8.58. The van der Waals surface area contributed by atoms with Crippen molar-refractivity contribution in [3.05, 3.63) is 35.4 Å². The van der Waals surface area contributed by atoms with Crippen molar-refractivity contribution in [2.75, 3.05) is 0 Å². The molecule has 0 aliphatic carbocycles. The average Bonchev–Trinajstić information content (AvgIpc) is 2.73. The highest BCUT2D eigenvalue weighted by atomic mass is 16.4. The molecule has 0 fully saturated rings. The monoisotopic (exact) mass is 289 g/mol. The zero-order valence-corrected chi connectivity index (χ0v) is 11.5. The maximum atomic E-state index is 12.3. The van der Waals surface area contributed by atoms with Crippen molar-refractivity contribution in [3.8, 4) is 0 Å². The van der Waals surface area contributed by atoms with Crippen LogP contribution in [0.4, 0.5) is 0 Å². The van der Waals surface area contributed by atoms with Crippen molar-refractivity contribution in [2.24, 2.45) is 0 Å². The first-order valence-corrected chi connectivity index (χ1v) is 6.70. The number of carbonyl (C=O) groups is 4. The Morgan fingerprint density at radius 1 is 1.14 bits per heavy atom. The predicted octanol–water partition coefficient (Wildman–Crippen LogP) is 1.50. The van der Waals surface area contributed by atoms with Gasteiger partial charge in [-0.05, 0) is 25.0 Å². The lowest BCUT2D eigenvalue weighted by atomic mass is 10.0. The molecule has 0 bridgehead atoms. The van der Waals surface area contributed by atoms with E-state index in [9.17, 15) is 19.2 Å². The van der Waals surface area contributed by atoms with E-state index in [0.717, 1.165) is 4.90 Å². The van der Waals surface area contributed by atoms with E-state index in [1.165, 1.54) is 0 Å². The summed E-state index contributed by atoms with van der Waals surface area (Å²) < 4.78 is 0. The largest absolute Gasteiger partial charge is 0.476 e. The number of rotatable bonds is 6. The number of aliphatic carboxylic acids is 1. The van der Waals surface area contributed by atoms with E-state index in [4.69, 9.17) is 5.11 Å². The van der Waals surface area contributed by atoms with Gasteiger partial charge in [-0.3, -0.25) is 19.3 Å². The maximum Gasteiger partial charge on any atom is 0.372 e. The minimum atomic E-state index is -1.49. The topological polar surface area (TPSA) is 91.8 Å². The van der Waals surface area contributed by atoms with Crippen LogP contribution >= 0.6 is 0 Å². The summed E-state index contributed by atoms with van der Waals surface area (Å²) in [6, 6.07) is 6.07. The molecule has 0 saturated heterocycles. The van der Waals surface area contributed by atoms with E-state index in [-0.39, 0.29) is 24.7 Å². The number of carboxylic acid groups (broad SMARTS) is 1. The number of fused-ring (bicyclic) bond motifs is 1. The van der Waals surface area contributed by atoms with E-state index in [1.807, 2.05) is 0 Å². The summed E-state index contributed by atoms with van der Waals surface area (Å²) in [5.74, 6) is -3.17. The van der Waals surface area contributed by atoms with Gasteiger partial charge in [0, 0.05) is 12.5 Å². The van der Waals surface area contributed by atoms with Crippen LogP contribution < -0.4 is 0 Å². The fraction of sp³-hybridized carbons (Fsp3) is 0.333. The Bertz CT molecular complexity index is 587. The molecule has 21 heavy (non-hydrogen) atoms. The number of nitrogens with zero attached hydrogens (tertiary/aromatic N) is 1. The van der Waals surface area contributed by atoms with Crippen LogP contribution in [0.1, 0.15) is 46.9 Å². The molecule has 1 aliphatic rings. The molecule has 6 heteroatoms. The number of hydrogen-bond acceptors (Lipinski definition) is 4. The molecule has 110 valence electrons. The van der Waals surface area contributed by atoms with Gasteiger partial charge in [0.25, 0.3) is 11.8 Å². The van der Waals surface area contributed by atoms with E-state index >= 15 is 0 Å². The molecule has 2 rings (SSSR count). The zero-order chi connectivity index (χ0) is 15.6. The van der Waals surface area contributed by atoms with Crippen molar-refractivity contribution < 1.29 is 24.3 Å². The maximum absolute atomic E-state index is 12.3. The number of ketones is 1. The molecule has 1 aliphatic heterocycles. The average molecular weight is 289 g/mol. The molecular formula is C15H15NO5. The minimum absolute atomic E-state index is 0.160. The normalized spacial score (nSPS) is 15.0. The lowest BCUT2D eigenvalue weighted by Gasteiger charge is -2.24. The summed E-state index contributed by atoms with van der Waals surface area (Å²) in [7, 11) is 0. The molecule has 1 N–H and O–H groups in total. The van der Waals surface area contributed by atoms with Gasteiger partial charge in [0.2, 0.25) is 5.78 Å². The minimum Gasteiger partial charge on any atom is -0.476 e. The quantitative estimate of drug-likeness (QED) is 0.633. The fourth-order valence-electron chi connectivity index (χ4n) is 2.46. The highest BCUT2D eigenvalue weighted by Crippen LogP contribution is 2.27. The number of Topliss-reactive ketones (excluding diaryl/α,β-unsaturated/α-hetero) is 1. The van der Waals surface area contributed by atoms with Crippen molar-refractivity contribution in [1.29, 1.82) is 0 Å². The van der Waals surface area contributed by atoms with Gasteiger partial charge in [-0.1, -0.05) is 19.1 Å². The number of hydrogen-bond donors (Lipinski definition) is 1. The number of amides is 2. The third-order valence-corrected chi connectivity index (χ3v) is 3.61. The first kappa shape index (κ1) is 14.9. The van der Waals surface area contributed by atoms with Crippen molar-refractivity contribution in [3.63, 3.8) is 0 Å². The molecule has 6 nitrogen and oxygen atoms in total. The van der Waals surface area contributed by atoms with Gasteiger partial charge in [-0.15, -0.1) is 0 Å². The highest BCUT2D eigenvalue weighted by Gasteiger charge is 2.39. The molecule has 1 heterocycles. The Morgan fingerprint density at radius 2 is 1.67 bits per heavy atom. The van der Waals surface area contributed by atoms with E-state index in [1.54, 1.807) is 31.2 Å². The molecule has 0 spiro atoms. The summed E-state index contributed by atoms with van der Waals surface area (Å²) in [6.45, 7) is 1.79. The van der Waals surface area contributed by atoms with Crippen LogP contribution in [0.3, 0.4) is 0 Å². The number of benzene rings is 1. The second kappa shape index (κ2) is 5.87. The van der Waals surface area contributed by atoms with Crippen LogP contribution in [0.25, 0.3) is 0 Å². The van der Waals surface area contributed by atoms with Gasteiger partial charge >= 0.3 is 5.97 Å². The first-order valence-electron chi connectivity index (χ1n) is 6.70. The van der Waals surface area contributed by atoms with Crippen molar-refractivity contribution in [1.82, 2.24) is 4.90 Å². The van der Waals surface area contributed by atoms with Gasteiger partial charge in [0.1, 0.15) is 0 Å². The summed E-state index contributed by atoms with van der Waals surface area (Å²) in [6.07, 6.45) is 0.437. The van der Waals surface area contributed by atoms with E-state index in [2.05, 4.69) is 0 Å². The van der Waals surface area contributed by atoms with Crippen LogP contribution in [0.2, 0.25) is 0 Å². The Balaban J connectivity index is 2.17. The Kier molecular flexibility index (Phi) is 4.16. The summed E-state index contributed by atoms with van der Waals surface area (Å²) in [5.41, 5.74) is 0.705. The fourth-order valence-corrected chi connectivity index (χ4v) is 2.46. The Hall–Kier alpha value is -2.50. The van der Waals surface area contributed by atoms with Gasteiger partial charge in [0.05, 0.1) is 11.1 Å². The van der Waals surface area contributed by atoms with Crippen molar-refractivity contribution >= 4 is 23.6 Å². The summed E-state index contributed by atoms with van der Waals surface area (Å²) in [4.78, 5) is 47.4. The summed E-state index contributed by atoms with van der Waals surface area (Å²) >= 11 is 0. The standard InChI is InChI=1S/C15H15NO5/c1-2-9(7-8-12(17)15(20)21)16-13(18)10-5-3-4-6-11(10)14(16)19/h3-6,9H,2,7-8H2,1H3,(H,20,21).